The second-order valence-electron chi connectivity index (χ2n) is 7.12. The first kappa shape index (κ1) is 16.8. The van der Waals surface area contributed by atoms with Crippen LogP contribution in [0.3, 0.4) is 0 Å². The zero-order chi connectivity index (χ0) is 18.1. The van der Waals surface area contributed by atoms with Gasteiger partial charge in [0.05, 0.1) is 24.1 Å². The molecule has 0 spiro atoms. The van der Waals surface area contributed by atoms with Crippen molar-refractivity contribution in [3.8, 4) is 0 Å². The van der Waals surface area contributed by atoms with Crippen molar-refractivity contribution in [3.63, 3.8) is 0 Å². The van der Waals surface area contributed by atoms with Gasteiger partial charge in [0.25, 0.3) is 0 Å². The van der Waals surface area contributed by atoms with Gasteiger partial charge in [-0.25, -0.2) is 0 Å². The lowest BCUT2D eigenvalue weighted by molar-refractivity contribution is -0.140. The first-order chi connectivity index (χ1) is 12.7. The molecule has 2 amide bonds. The minimum atomic E-state index is -0.103. The summed E-state index contributed by atoms with van der Waals surface area (Å²) in [4.78, 5) is 30.9. The molecular weight excluding hydrogens is 332 g/mol. The van der Waals surface area contributed by atoms with Gasteiger partial charge in [0, 0.05) is 26.3 Å². The highest BCUT2D eigenvalue weighted by Crippen LogP contribution is 2.52. The van der Waals surface area contributed by atoms with Gasteiger partial charge in [-0.2, -0.15) is 5.10 Å². The highest BCUT2D eigenvalue weighted by Gasteiger charge is 2.58. The fraction of sp³-hybridized carbons (Fsp3) is 0.556. The van der Waals surface area contributed by atoms with Crippen LogP contribution in [0.15, 0.2) is 29.4 Å². The highest BCUT2D eigenvalue weighted by atomic mass is 16.2. The number of hydrogen-bond donors (Lipinski definition) is 3. The topological polar surface area (TPSA) is 102 Å². The Bertz CT molecular complexity index is 711. The third-order valence-electron chi connectivity index (χ3n) is 5.64. The van der Waals surface area contributed by atoms with Crippen molar-refractivity contribution >= 4 is 17.8 Å². The van der Waals surface area contributed by atoms with E-state index < -0.39 is 0 Å². The molecule has 2 bridgehead atoms. The number of likely N-dealkylation sites (tertiary alicyclic amines) is 1. The van der Waals surface area contributed by atoms with Gasteiger partial charge in [-0.1, -0.05) is 12.2 Å². The van der Waals surface area contributed by atoms with E-state index in [1.54, 1.807) is 13.2 Å². The first-order valence-electron chi connectivity index (χ1n) is 9.15. The number of nitrogens with zero attached hydrogens (tertiary/aromatic N) is 3. The molecule has 2 aliphatic carbocycles. The number of nitrogens with one attached hydrogen (secondary N) is 3. The molecule has 1 saturated carbocycles. The summed E-state index contributed by atoms with van der Waals surface area (Å²) in [7, 11) is 1.71. The van der Waals surface area contributed by atoms with Gasteiger partial charge in [-0.15, -0.1) is 0 Å². The molecule has 2 heterocycles. The quantitative estimate of drug-likeness (QED) is 0.223. The van der Waals surface area contributed by atoms with E-state index in [0.29, 0.717) is 32.0 Å². The maximum atomic E-state index is 12.6. The van der Waals surface area contributed by atoms with E-state index in [9.17, 15) is 9.59 Å². The lowest BCUT2D eigenvalue weighted by Gasteiger charge is -2.18. The van der Waals surface area contributed by atoms with Gasteiger partial charge in [-0.3, -0.25) is 24.6 Å². The minimum Gasteiger partial charge on any atom is -0.356 e. The summed E-state index contributed by atoms with van der Waals surface area (Å²) in [6.45, 7) is 1.71. The predicted octanol–water partition coefficient (Wildman–Crippen LogP) is 0.272. The average molecular weight is 356 g/mol. The highest BCUT2D eigenvalue weighted by molar-refractivity contribution is 6.06. The van der Waals surface area contributed by atoms with Crippen molar-refractivity contribution in [1.29, 1.82) is 0 Å². The Morgan fingerprint density at radius 1 is 1.27 bits per heavy atom. The van der Waals surface area contributed by atoms with Crippen LogP contribution in [0.2, 0.25) is 0 Å². The van der Waals surface area contributed by atoms with Crippen LogP contribution in [0, 0.1) is 23.7 Å². The van der Waals surface area contributed by atoms with Gasteiger partial charge in [-0.05, 0) is 30.7 Å². The van der Waals surface area contributed by atoms with Crippen molar-refractivity contribution in [2.75, 3.05) is 20.1 Å². The molecule has 4 rings (SSSR count). The standard InChI is InChI=1S/C18H24N6O2/c1-19-18(21-10-13-5-7-22-23-13)20-6-2-8-24-16(25)14-11-3-4-12(9-11)15(14)17(24)26/h3-5,7,11-12,14-15H,2,6,8-10H2,1H3,(H,22,23)(H2,19,20,21). The van der Waals surface area contributed by atoms with Crippen molar-refractivity contribution in [2.24, 2.45) is 28.7 Å². The molecule has 8 heteroatoms. The average Bonchev–Trinajstić information content (AvgIpc) is 3.42. The Balaban J connectivity index is 1.22. The zero-order valence-electron chi connectivity index (χ0n) is 14.8. The van der Waals surface area contributed by atoms with E-state index in [0.717, 1.165) is 12.1 Å². The molecule has 0 aromatic carbocycles. The molecule has 0 radical (unpaired) electrons. The number of rotatable bonds is 6. The summed E-state index contributed by atoms with van der Waals surface area (Å²) >= 11 is 0. The van der Waals surface area contributed by atoms with Gasteiger partial charge in [0.15, 0.2) is 5.96 Å². The van der Waals surface area contributed by atoms with Crippen LogP contribution in [0.4, 0.5) is 0 Å². The summed E-state index contributed by atoms with van der Waals surface area (Å²) < 4.78 is 0. The summed E-state index contributed by atoms with van der Waals surface area (Å²) in [5, 5.41) is 13.2. The van der Waals surface area contributed by atoms with Crippen LogP contribution in [0.5, 0.6) is 0 Å². The third-order valence-corrected chi connectivity index (χ3v) is 5.64. The number of fused-ring (bicyclic) bond motifs is 5. The van der Waals surface area contributed by atoms with Crippen molar-refractivity contribution in [3.05, 3.63) is 30.1 Å². The number of carbonyl (C=O) groups is 2. The number of H-pyrrole nitrogens is 1. The number of aliphatic imine (C=N–C) groups is 1. The summed E-state index contributed by atoms with van der Waals surface area (Å²) in [6, 6.07) is 1.89. The molecular formula is C18H24N6O2. The van der Waals surface area contributed by atoms with Crippen molar-refractivity contribution < 1.29 is 9.59 Å². The number of hydrogen-bond acceptors (Lipinski definition) is 4. The first-order valence-corrected chi connectivity index (χ1v) is 9.15. The fourth-order valence-electron chi connectivity index (χ4n) is 4.41. The molecule has 1 aromatic rings. The smallest absolute Gasteiger partial charge is 0.233 e. The second kappa shape index (κ2) is 6.93. The monoisotopic (exact) mass is 356 g/mol. The Kier molecular flexibility index (Phi) is 4.48. The van der Waals surface area contributed by atoms with E-state index in [1.807, 2.05) is 6.07 Å². The predicted molar refractivity (Wildman–Crippen MR) is 95.8 cm³/mol. The van der Waals surface area contributed by atoms with E-state index in [1.165, 1.54) is 4.90 Å². The van der Waals surface area contributed by atoms with Crippen LogP contribution >= 0.6 is 0 Å². The second-order valence-corrected chi connectivity index (χ2v) is 7.12. The fourth-order valence-corrected chi connectivity index (χ4v) is 4.41. The molecule has 3 aliphatic rings. The largest absolute Gasteiger partial charge is 0.356 e. The van der Waals surface area contributed by atoms with Crippen molar-refractivity contribution in [2.45, 2.75) is 19.4 Å². The molecule has 1 aromatic heterocycles. The normalized spacial score (nSPS) is 29.6. The Hall–Kier alpha value is -2.64. The number of aromatic amines is 1. The molecule has 1 aliphatic heterocycles. The molecule has 8 nitrogen and oxygen atoms in total. The minimum absolute atomic E-state index is 0.0265. The number of amides is 2. The lowest BCUT2D eigenvalue weighted by Crippen LogP contribution is -2.39. The molecule has 3 N–H and O–H groups in total. The lowest BCUT2D eigenvalue weighted by atomic mass is 9.85. The molecule has 138 valence electrons. The van der Waals surface area contributed by atoms with Crippen molar-refractivity contribution in [1.82, 2.24) is 25.7 Å². The van der Waals surface area contributed by atoms with Gasteiger partial charge >= 0.3 is 0 Å². The molecule has 2 fully saturated rings. The Labute approximate surface area is 152 Å². The molecule has 4 unspecified atom stereocenters. The number of imide groups is 1. The SMILES string of the molecule is CN=C(NCCCN1C(=O)C2C3C=CC(C3)C2C1=O)NCc1ccn[nH]1. The Morgan fingerprint density at radius 3 is 2.62 bits per heavy atom. The van der Waals surface area contributed by atoms with E-state index in [4.69, 9.17) is 0 Å². The number of guanidine groups is 1. The van der Waals surface area contributed by atoms with Crippen LogP contribution in [0.1, 0.15) is 18.5 Å². The van der Waals surface area contributed by atoms with E-state index in [2.05, 4.69) is 38.0 Å². The zero-order valence-corrected chi connectivity index (χ0v) is 14.8. The summed E-state index contributed by atoms with van der Waals surface area (Å²) in [5.41, 5.74) is 0.969. The maximum absolute atomic E-state index is 12.6. The number of aromatic nitrogens is 2. The van der Waals surface area contributed by atoms with Crippen LogP contribution in [-0.2, 0) is 16.1 Å². The number of allylic oxidation sites excluding steroid dienone is 2. The molecule has 26 heavy (non-hydrogen) atoms. The van der Waals surface area contributed by atoms with Gasteiger partial charge in [0.2, 0.25) is 11.8 Å². The van der Waals surface area contributed by atoms with Crippen LogP contribution in [0.25, 0.3) is 0 Å². The summed E-state index contributed by atoms with van der Waals surface area (Å²) in [5.74, 6) is 1.07. The molecule has 4 atom stereocenters. The maximum Gasteiger partial charge on any atom is 0.233 e. The van der Waals surface area contributed by atoms with Crippen LogP contribution < -0.4 is 10.6 Å². The number of carbonyl (C=O) groups excluding carboxylic acids is 2. The third kappa shape index (κ3) is 2.89. The molecule has 1 saturated heterocycles. The van der Waals surface area contributed by atoms with Gasteiger partial charge in [0.1, 0.15) is 0 Å². The van der Waals surface area contributed by atoms with Crippen LogP contribution in [-0.4, -0.2) is 53.0 Å². The van der Waals surface area contributed by atoms with Gasteiger partial charge < -0.3 is 10.6 Å². The van der Waals surface area contributed by atoms with E-state index >= 15 is 0 Å². The summed E-state index contributed by atoms with van der Waals surface area (Å²) in [6.07, 6.45) is 7.62. The Morgan fingerprint density at radius 2 is 2.00 bits per heavy atom. The van der Waals surface area contributed by atoms with E-state index in [-0.39, 0.29) is 35.5 Å².